The number of piperidine rings is 2. The molecule has 0 spiro atoms. The number of likely N-dealkylation sites (tertiary alicyclic amines) is 1. The first kappa shape index (κ1) is 27.9. The zero-order valence-electron chi connectivity index (χ0n) is 24.1. The first-order valence-electron chi connectivity index (χ1n) is 15.3. The molecule has 1 amide bonds. The monoisotopic (exact) mass is 601 g/mol. The number of fused-ring (bicyclic) bond motifs is 3. The first-order chi connectivity index (χ1) is 20.4. The number of amides is 1. The van der Waals surface area contributed by atoms with Gasteiger partial charge in [-0.25, -0.2) is 9.97 Å². The van der Waals surface area contributed by atoms with Crippen molar-refractivity contribution >= 4 is 40.1 Å². The average molecular weight is 603 g/mol. The van der Waals surface area contributed by atoms with E-state index in [-0.39, 0.29) is 16.5 Å². The molecule has 8 heteroatoms. The predicted octanol–water partition coefficient (Wildman–Crippen LogP) is 7.48. The molecule has 3 saturated heterocycles. The Labute approximate surface area is 257 Å². The largest absolute Gasteiger partial charge is 0.338 e. The van der Waals surface area contributed by atoms with Gasteiger partial charge in [0.25, 0.3) is 5.91 Å². The third-order valence-electron chi connectivity index (χ3n) is 10.3. The van der Waals surface area contributed by atoms with Crippen LogP contribution in [0.2, 0.25) is 10.3 Å². The van der Waals surface area contributed by atoms with Crippen LogP contribution in [0, 0.1) is 6.92 Å². The van der Waals surface area contributed by atoms with Gasteiger partial charge in [-0.2, -0.15) is 0 Å². The van der Waals surface area contributed by atoms with Crippen molar-refractivity contribution in [3.63, 3.8) is 0 Å². The van der Waals surface area contributed by atoms with Crippen LogP contribution in [0.1, 0.15) is 72.7 Å². The molecule has 3 aliphatic rings. The highest BCUT2D eigenvalue weighted by Crippen LogP contribution is 2.45. The van der Waals surface area contributed by atoms with Gasteiger partial charge in [-0.15, -0.1) is 0 Å². The summed E-state index contributed by atoms with van der Waals surface area (Å²) in [4.78, 5) is 27.1. The summed E-state index contributed by atoms with van der Waals surface area (Å²) >= 11 is 12.3. The summed E-state index contributed by atoms with van der Waals surface area (Å²) in [7, 11) is 0. The van der Waals surface area contributed by atoms with E-state index < -0.39 is 0 Å². The van der Waals surface area contributed by atoms with Crippen LogP contribution >= 0.6 is 23.2 Å². The fourth-order valence-corrected chi connectivity index (χ4v) is 8.57. The maximum absolute atomic E-state index is 13.4. The van der Waals surface area contributed by atoms with E-state index in [2.05, 4.69) is 76.0 Å². The van der Waals surface area contributed by atoms with Crippen molar-refractivity contribution in [2.24, 2.45) is 0 Å². The van der Waals surface area contributed by atoms with Gasteiger partial charge in [0.2, 0.25) is 0 Å². The second kappa shape index (κ2) is 11.3. The second-order valence-corrected chi connectivity index (χ2v) is 13.2. The lowest BCUT2D eigenvalue weighted by Crippen LogP contribution is -2.49. The number of imidazole rings is 1. The molecule has 1 unspecified atom stereocenters. The Morgan fingerprint density at radius 3 is 2.29 bits per heavy atom. The van der Waals surface area contributed by atoms with Crippen LogP contribution in [-0.4, -0.2) is 62.0 Å². The highest BCUT2D eigenvalue weighted by molar-refractivity contribution is 6.34. The van der Waals surface area contributed by atoms with Crippen LogP contribution < -0.4 is 0 Å². The van der Waals surface area contributed by atoms with Gasteiger partial charge < -0.3 is 9.47 Å². The number of para-hydroxylation sites is 2. The third kappa shape index (κ3) is 5.01. The normalized spacial score (nSPS) is 23.9. The zero-order valence-corrected chi connectivity index (χ0v) is 25.6. The van der Waals surface area contributed by atoms with Gasteiger partial charge in [-0.05, 0) is 93.7 Å². The molecule has 0 N–H and O–H groups in total. The number of halogens is 2. The summed E-state index contributed by atoms with van der Waals surface area (Å²) in [6.07, 6.45) is 7.92. The molecule has 218 valence electrons. The van der Waals surface area contributed by atoms with Crippen LogP contribution in [-0.2, 0) is 5.41 Å². The summed E-state index contributed by atoms with van der Waals surface area (Å²) < 4.78 is 2.51. The van der Waals surface area contributed by atoms with Crippen LogP contribution in [0.3, 0.4) is 0 Å². The second-order valence-electron chi connectivity index (χ2n) is 12.4. The molecule has 3 aliphatic heterocycles. The molecule has 42 heavy (non-hydrogen) atoms. The highest BCUT2D eigenvalue weighted by Gasteiger charge is 2.44. The molecular formula is C34H37Cl2N5O. The molecule has 6 nitrogen and oxygen atoms in total. The van der Waals surface area contributed by atoms with Gasteiger partial charge >= 0.3 is 0 Å². The van der Waals surface area contributed by atoms with Gasteiger partial charge in [0, 0.05) is 31.2 Å². The average Bonchev–Trinajstić information content (AvgIpc) is 3.46. The van der Waals surface area contributed by atoms with Crippen molar-refractivity contribution in [2.45, 2.75) is 75.4 Å². The minimum atomic E-state index is -0.0618. The van der Waals surface area contributed by atoms with Gasteiger partial charge in [-0.3, -0.25) is 9.69 Å². The summed E-state index contributed by atoms with van der Waals surface area (Å²) in [6.45, 7) is 4.66. The Morgan fingerprint density at radius 1 is 0.881 bits per heavy atom. The predicted molar refractivity (Wildman–Crippen MR) is 168 cm³/mol. The molecule has 5 heterocycles. The van der Waals surface area contributed by atoms with Crippen LogP contribution in [0.5, 0.6) is 0 Å². The molecule has 0 saturated carbocycles. The molecule has 2 bridgehead atoms. The lowest BCUT2D eigenvalue weighted by Gasteiger charge is -2.45. The van der Waals surface area contributed by atoms with E-state index in [0.717, 1.165) is 37.1 Å². The van der Waals surface area contributed by atoms with E-state index >= 15 is 0 Å². The minimum absolute atomic E-state index is 0.0491. The van der Waals surface area contributed by atoms with Gasteiger partial charge in [-0.1, -0.05) is 65.7 Å². The molecule has 7 rings (SSSR count). The van der Waals surface area contributed by atoms with Crippen molar-refractivity contribution in [2.75, 3.05) is 19.6 Å². The molecule has 0 aliphatic carbocycles. The Balaban J connectivity index is 1.06. The third-order valence-corrected chi connectivity index (χ3v) is 10.8. The van der Waals surface area contributed by atoms with Crippen LogP contribution in [0.4, 0.5) is 0 Å². The smallest absolute Gasteiger partial charge is 0.256 e. The molecule has 3 fully saturated rings. The number of nitrogens with zero attached hydrogens (tertiary/aromatic N) is 5. The molecular weight excluding hydrogens is 565 g/mol. The van der Waals surface area contributed by atoms with E-state index in [1.54, 1.807) is 12.1 Å². The Kier molecular flexibility index (Phi) is 7.49. The summed E-state index contributed by atoms with van der Waals surface area (Å²) in [5.41, 5.74) is 4.24. The quantitative estimate of drug-likeness (QED) is 0.215. The van der Waals surface area contributed by atoms with Gasteiger partial charge in [0.1, 0.15) is 16.1 Å². The van der Waals surface area contributed by atoms with Crippen molar-refractivity contribution in [3.05, 3.63) is 94.0 Å². The fourth-order valence-electron chi connectivity index (χ4n) is 8.14. The van der Waals surface area contributed by atoms with E-state index in [1.165, 1.54) is 36.8 Å². The number of rotatable bonds is 6. The number of hydrogen-bond donors (Lipinski definition) is 0. The van der Waals surface area contributed by atoms with Crippen molar-refractivity contribution in [1.29, 1.82) is 0 Å². The maximum Gasteiger partial charge on any atom is 0.256 e. The number of benzene rings is 2. The highest BCUT2D eigenvalue weighted by atomic mass is 35.5. The Bertz CT molecular complexity index is 1580. The Hall–Kier alpha value is -2.93. The van der Waals surface area contributed by atoms with E-state index in [0.29, 0.717) is 41.9 Å². The molecule has 2 aromatic carbocycles. The lowest BCUT2D eigenvalue weighted by molar-refractivity contribution is 0.0607. The SMILES string of the molecule is Cc1nc2ccccc2n1C1C[C@H]2CC[C@@H](C1)N2CCC1(c2ccccc2)CCN(C(=O)c2ccc(Cl)nc2Cl)CC1. The molecule has 4 aromatic rings. The maximum atomic E-state index is 13.4. The molecule has 0 radical (unpaired) electrons. The van der Waals surface area contributed by atoms with Gasteiger partial charge in [0.05, 0.1) is 16.6 Å². The topological polar surface area (TPSA) is 54.3 Å². The number of carbonyl (C=O) groups excluding carboxylic acids is 1. The number of hydrogen-bond acceptors (Lipinski definition) is 4. The van der Waals surface area contributed by atoms with Crippen LogP contribution in [0.25, 0.3) is 11.0 Å². The Morgan fingerprint density at radius 2 is 1.57 bits per heavy atom. The summed E-state index contributed by atoms with van der Waals surface area (Å²) in [5.74, 6) is 1.07. The van der Waals surface area contributed by atoms with Crippen molar-refractivity contribution in [3.8, 4) is 0 Å². The molecule has 3 atom stereocenters. The molecule has 2 aromatic heterocycles. The number of carbonyl (C=O) groups is 1. The zero-order chi connectivity index (χ0) is 28.8. The first-order valence-corrected chi connectivity index (χ1v) is 16.0. The summed E-state index contributed by atoms with van der Waals surface area (Å²) in [6, 6.07) is 24.6. The van der Waals surface area contributed by atoms with Crippen molar-refractivity contribution < 1.29 is 4.79 Å². The minimum Gasteiger partial charge on any atom is -0.338 e. The number of pyridine rings is 1. The fraction of sp³-hybridized carbons (Fsp3) is 0.441. The van der Waals surface area contributed by atoms with E-state index in [1.807, 2.05) is 4.90 Å². The lowest BCUT2D eigenvalue weighted by atomic mass is 9.70. The van der Waals surface area contributed by atoms with E-state index in [4.69, 9.17) is 28.2 Å². The van der Waals surface area contributed by atoms with Gasteiger partial charge in [0.15, 0.2) is 0 Å². The number of aryl methyl sites for hydroxylation is 1. The van der Waals surface area contributed by atoms with E-state index in [9.17, 15) is 4.79 Å². The summed E-state index contributed by atoms with van der Waals surface area (Å²) in [5, 5.41) is 0.468. The standard InChI is InChI=1S/C34H37Cl2N5O/c1-23-37-29-9-5-6-10-30(29)41(23)27-21-25-11-12-26(22-27)40(25)20-17-34(24-7-3-2-4-8-24)15-18-39(19-16-34)33(42)28-13-14-31(35)38-32(28)36/h2-10,13-14,25-27H,11-12,15-22H2,1H3/t25-,26+,27?. The van der Waals surface area contributed by atoms with Crippen LogP contribution in [0.15, 0.2) is 66.7 Å². The number of aromatic nitrogens is 3. The van der Waals surface area contributed by atoms with Crippen molar-refractivity contribution in [1.82, 2.24) is 24.3 Å².